The molecule has 2 heterocycles. The molecule has 18 heavy (non-hydrogen) atoms. The lowest BCUT2D eigenvalue weighted by molar-refractivity contribution is 0.144. The fourth-order valence-electron chi connectivity index (χ4n) is 1.48. The third-order valence-corrected chi connectivity index (χ3v) is 3.16. The molecule has 0 aliphatic carbocycles. The van der Waals surface area contributed by atoms with Crippen molar-refractivity contribution in [3.8, 4) is 5.88 Å². The van der Waals surface area contributed by atoms with Crippen LogP contribution < -0.4 is 10.1 Å². The Kier molecular flexibility index (Phi) is 4.72. The highest BCUT2D eigenvalue weighted by atomic mass is 32.1. The number of methoxy groups -OCH3 is 1. The van der Waals surface area contributed by atoms with Crippen molar-refractivity contribution >= 4 is 27.5 Å². The van der Waals surface area contributed by atoms with Crippen molar-refractivity contribution in [2.75, 3.05) is 32.2 Å². The summed E-state index contributed by atoms with van der Waals surface area (Å²) in [5.74, 6) is 1.25. The molecule has 6 heteroatoms. The lowest BCUT2D eigenvalue weighted by Gasteiger charge is -2.08. The van der Waals surface area contributed by atoms with Crippen molar-refractivity contribution in [3.05, 3.63) is 11.4 Å². The highest BCUT2D eigenvalue weighted by molar-refractivity contribution is 7.16. The summed E-state index contributed by atoms with van der Waals surface area (Å²) < 4.78 is 10.6. The summed E-state index contributed by atoms with van der Waals surface area (Å²) >= 11 is 1.59. The Morgan fingerprint density at radius 2 is 2.22 bits per heavy atom. The quantitative estimate of drug-likeness (QED) is 0.781. The predicted octanol–water partition coefficient (Wildman–Crippen LogP) is 2.54. The summed E-state index contributed by atoms with van der Waals surface area (Å²) in [4.78, 5) is 9.78. The molecule has 2 aromatic rings. The third kappa shape index (κ3) is 3.08. The molecule has 0 saturated heterocycles. The number of anilines is 1. The minimum atomic E-state index is 0.492. The normalized spacial score (nSPS) is 10.8. The van der Waals surface area contributed by atoms with Crippen LogP contribution in [0.1, 0.15) is 13.3 Å². The number of rotatable bonds is 7. The van der Waals surface area contributed by atoms with Crippen LogP contribution in [0.2, 0.25) is 0 Å². The molecule has 2 rings (SSSR count). The van der Waals surface area contributed by atoms with Crippen molar-refractivity contribution in [2.24, 2.45) is 0 Å². The van der Waals surface area contributed by atoms with Gasteiger partial charge in [0.2, 0.25) is 11.8 Å². The van der Waals surface area contributed by atoms with E-state index in [0.29, 0.717) is 25.0 Å². The molecule has 98 valence electrons. The van der Waals surface area contributed by atoms with E-state index in [0.717, 1.165) is 23.2 Å². The Hall–Kier alpha value is -1.40. The summed E-state index contributed by atoms with van der Waals surface area (Å²) in [7, 11) is 1.65. The van der Waals surface area contributed by atoms with Crippen LogP contribution in [0.25, 0.3) is 10.2 Å². The number of fused-ring (bicyclic) bond motifs is 1. The van der Waals surface area contributed by atoms with Gasteiger partial charge >= 0.3 is 0 Å². The van der Waals surface area contributed by atoms with E-state index in [1.54, 1.807) is 18.4 Å². The maximum atomic E-state index is 5.63. The first-order valence-corrected chi connectivity index (χ1v) is 6.84. The van der Waals surface area contributed by atoms with E-state index >= 15 is 0 Å². The van der Waals surface area contributed by atoms with Crippen LogP contribution in [-0.4, -0.2) is 36.8 Å². The van der Waals surface area contributed by atoms with Gasteiger partial charge in [0.15, 0.2) is 0 Å². The maximum Gasteiger partial charge on any atom is 0.227 e. The number of hydrogen-bond acceptors (Lipinski definition) is 6. The number of ether oxygens (including phenoxy) is 2. The number of nitrogens with zero attached hydrogens (tertiary/aromatic N) is 2. The molecule has 0 aliphatic heterocycles. The maximum absolute atomic E-state index is 5.63. The Labute approximate surface area is 110 Å². The van der Waals surface area contributed by atoms with Gasteiger partial charge in [0.05, 0.1) is 12.0 Å². The molecular weight excluding hydrogens is 250 g/mol. The van der Waals surface area contributed by atoms with Gasteiger partial charge in [0.25, 0.3) is 0 Å². The molecule has 0 aromatic carbocycles. The van der Waals surface area contributed by atoms with Gasteiger partial charge < -0.3 is 14.8 Å². The first-order valence-electron chi connectivity index (χ1n) is 5.96. The first kappa shape index (κ1) is 13.0. The van der Waals surface area contributed by atoms with Crippen molar-refractivity contribution in [1.29, 1.82) is 0 Å². The highest BCUT2D eigenvalue weighted by Crippen LogP contribution is 2.28. The van der Waals surface area contributed by atoms with E-state index in [1.807, 2.05) is 11.4 Å². The zero-order valence-electron chi connectivity index (χ0n) is 10.6. The smallest absolute Gasteiger partial charge is 0.227 e. The topological polar surface area (TPSA) is 56.3 Å². The van der Waals surface area contributed by atoms with Gasteiger partial charge in [-0.25, -0.2) is 4.98 Å². The van der Waals surface area contributed by atoms with Gasteiger partial charge in [0.1, 0.15) is 11.4 Å². The highest BCUT2D eigenvalue weighted by Gasteiger charge is 2.09. The fourth-order valence-corrected chi connectivity index (χ4v) is 2.23. The van der Waals surface area contributed by atoms with Crippen molar-refractivity contribution < 1.29 is 9.47 Å². The summed E-state index contributed by atoms with van der Waals surface area (Å²) in [6.07, 6.45) is 1.03. The van der Waals surface area contributed by atoms with E-state index in [4.69, 9.17) is 9.47 Å². The van der Waals surface area contributed by atoms with Gasteiger partial charge in [-0.3, -0.25) is 0 Å². The molecule has 0 radical (unpaired) electrons. The second kappa shape index (κ2) is 6.51. The molecule has 1 N–H and O–H groups in total. The Bertz CT molecular complexity index is 501. The molecule has 0 aliphatic rings. The van der Waals surface area contributed by atoms with Crippen molar-refractivity contribution in [3.63, 3.8) is 0 Å². The molecule has 0 unspecified atom stereocenters. The summed E-state index contributed by atoms with van der Waals surface area (Å²) in [5.41, 5.74) is 0. The molecule has 0 bridgehead atoms. The van der Waals surface area contributed by atoms with E-state index in [2.05, 4.69) is 22.2 Å². The predicted molar refractivity (Wildman–Crippen MR) is 73.6 cm³/mol. The minimum absolute atomic E-state index is 0.492. The van der Waals surface area contributed by atoms with Crippen LogP contribution in [0, 0.1) is 0 Å². The number of hydrogen-bond donors (Lipinski definition) is 1. The Balaban J connectivity index is 2.21. The molecule has 0 amide bonds. The molecular formula is C12H17N3O2S. The zero-order valence-corrected chi connectivity index (χ0v) is 11.4. The summed E-state index contributed by atoms with van der Waals surface area (Å²) in [5, 5.41) is 6.13. The number of thiophene rings is 1. The van der Waals surface area contributed by atoms with Gasteiger partial charge in [-0.15, -0.1) is 11.3 Å². The average molecular weight is 267 g/mol. The van der Waals surface area contributed by atoms with Crippen molar-refractivity contribution in [2.45, 2.75) is 13.3 Å². The van der Waals surface area contributed by atoms with E-state index < -0.39 is 0 Å². The zero-order chi connectivity index (χ0) is 12.8. The minimum Gasteiger partial charge on any atom is -0.475 e. The van der Waals surface area contributed by atoms with Crippen LogP contribution in [-0.2, 0) is 4.74 Å². The van der Waals surface area contributed by atoms with Gasteiger partial charge in [-0.1, -0.05) is 6.92 Å². The summed E-state index contributed by atoms with van der Waals surface area (Å²) in [6, 6.07) is 1.98. The number of aromatic nitrogens is 2. The number of nitrogens with one attached hydrogen (secondary N) is 1. The molecule has 2 aromatic heterocycles. The van der Waals surface area contributed by atoms with Crippen LogP contribution in [0.15, 0.2) is 11.4 Å². The Morgan fingerprint density at radius 3 is 3.00 bits per heavy atom. The monoisotopic (exact) mass is 267 g/mol. The third-order valence-electron chi connectivity index (χ3n) is 2.35. The lowest BCUT2D eigenvalue weighted by Crippen LogP contribution is -2.08. The first-order chi connectivity index (χ1) is 8.85. The molecule has 0 atom stereocenters. The van der Waals surface area contributed by atoms with Crippen LogP contribution in [0.3, 0.4) is 0 Å². The fraction of sp³-hybridized carbons (Fsp3) is 0.500. The van der Waals surface area contributed by atoms with Crippen molar-refractivity contribution in [1.82, 2.24) is 9.97 Å². The van der Waals surface area contributed by atoms with Gasteiger partial charge in [-0.2, -0.15) is 4.98 Å². The molecule has 0 saturated carbocycles. The second-order valence-corrected chi connectivity index (χ2v) is 4.65. The van der Waals surface area contributed by atoms with Crippen LogP contribution >= 0.6 is 11.3 Å². The second-order valence-electron chi connectivity index (χ2n) is 3.76. The molecule has 0 spiro atoms. The van der Waals surface area contributed by atoms with E-state index in [9.17, 15) is 0 Å². The van der Waals surface area contributed by atoms with Crippen LogP contribution in [0.5, 0.6) is 5.88 Å². The van der Waals surface area contributed by atoms with Gasteiger partial charge in [-0.05, 0) is 17.9 Å². The molecule has 5 nitrogen and oxygen atoms in total. The average Bonchev–Trinajstić information content (AvgIpc) is 2.85. The largest absolute Gasteiger partial charge is 0.475 e. The Morgan fingerprint density at radius 1 is 1.33 bits per heavy atom. The van der Waals surface area contributed by atoms with Crippen LogP contribution in [0.4, 0.5) is 5.95 Å². The van der Waals surface area contributed by atoms with Gasteiger partial charge in [0, 0.05) is 13.7 Å². The molecule has 0 fully saturated rings. The SMILES string of the molecule is CCCNc1nc(OCCOC)c2ccsc2n1. The summed E-state index contributed by atoms with van der Waals surface area (Å²) in [6.45, 7) is 4.00. The van der Waals surface area contributed by atoms with E-state index in [1.165, 1.54) is 0 Å². The van der Waals surface area contributed by atoms with E-state index in [-0.39, 0.29) is 0 Å². The standard InChI is InChI=1S/C12H17N3O2S/c1-3-5-13-12-14-10(17-7-6-16-2)9-4-8-18-11(9)15-12/h4,8H,3,5-7H2,1-2H3,(H,13,14,15). The lowest BCUT2D eigenvalue weighted by atomic mass is 10.4.